The van der Waals surface area contributed by atoms with E-state index in [0.29, 0.717) is 38.0 Å². The van der Waals surface area contributed by atoms with Gasteiger partial charge in [-0.1, -0.05) is 18.2 Å². The van der Waals surface area contributed by atoms with Crippen LogP contribution in [-0.2, 0) is 0 Å². The summed E-state index contributed by atoms with van der Waals surface area (Å²) in [7, 11) is 0. The third-order valence-electron chi connectivity index (χ3n) is 4.46. The Morgan fingerprint density at radius 2 is 1.96 bits per heavy atom. The molecule has 0 radical (unpaired) electrons. The predicted octanol–water partition coefficient (Wildman–Crippen LogP) is 0.515. The van der Waals surface area contributed by atoms with E-state index >= 15 is 0 Å². The van der Waals surface area contributed by atoms with Crippen molar-refractivity contribution in [3.05, 3.63) is 52.4 Å². The van der Waals surface area contributed by atoms with Gasteiger partial charge in [-0.25, -0.2) is 4.68 Å². The van der Waals surface area contributed by atoms with Crippen molar-refractivity contribution in [3.8, 4) is 5.69 Å². The van der Waals surface area contributed by atoms with E-state index in [-0.39, 0.29) is 23.8 Å². The average Bonchev–Trinajstić information content (AvgIpc) is 2.88. The summed E-state index contributed by atoms with van der Waals surface area (Å²) in [5.74, 6) is -0.274. The lowest BCUT2D eigenvalue weighted by Crippen LogP contribution is -2.36. The van der Waals surface area contributed by atoms with E-state index in [9.17, 15) is 19.8 Å². The first-order chi connectivity index (χ1) is 11.5. The molecule has 128 valence electrons. The molecule has 2 heterocycles. The largest absolute Gasteiger partial charge is 0.393 e. The maximum absolute atomic E-state index is 12.6. The molecule has 2 aromatic rings. The lowest BCUT2D eigenvalue weighted by molar-refractivity contribution is -0.0250. The van der Waals surface area contributed by atoms with E-state index in [2.05, 4.69) is 5.10 Å². The van der Waals surface area contributed by atoms with Gasteiger partial charge in [0.25, 0.3) is 11.5 Å². The Labute approximate surface area is 139 Å². The van der Waals surface area contributed by atoms with Crippen LogP contribution < -0.4 is 5.56 Å². The van der Waals surface area contributed by atoms with Crippen molar-refractivity contribution < 1.29 is 15.0 Å². The van der Waals surface area contributed by atoms with Gasteiger partial charge in [0.2, 0.25) is 0 Å². The zero-order valence-corrected chi connectivity index (χ0v) is 13.3. The van der Waals surface area contributed by atoms with Crippen molar-refractivity contribution in [3.63, 3.8) is 0 Å². The van der Waals surface area contributed by atoms with Gasteiger partial charge < -0.3 is 15.1 Å². The lowest BCUT2D eigenvalue weighted by atomic mass is 9.96. The highest BCUT2D eigenvalue weighted by Gasteiger charge is 2.31. The van der Waals surface area contributed by atoms with Crippen LogP contribution >= 0.6 is 0 Å². The number of benzene rings is 1. The zero-order valence-electron chi connectivity index (χ0n) is 13.3. The second-order valence-electron chi connectivity index (χ2n) is 6.21. The highest BCUT2D eigenvalue weighted by Crippen LogP contribution is 2.22. The maximum atomic E-state index is 12.6. The molecule has 3 rings (SSSR count). The average molecular weight is 331 g/mol. The summed E-state index contributed by atoms with van der Waals surface area (Å²) in [6.07, 6.45) is 1.38. The Bertz CT molecular complexity index is 768. The van der Waals surface area contributed by atoms with Gasteiger partial charge in [0.1, 0.15) is 5.69 Å². The molecule has 7 heteroatoms. The Hall–Kier alpha value is -2.38. The summed E-state index contributed by atoms with van der Waals surface area (Å²) in [5.41, 5.74) is -0.546. The number of carbonyl (C=O) groups excluding carboxylic acids is 1. The van der Waals surface area contributed by atoms with E-state index in [0.717, 1.165) is 0 Å². The SMILES string of the molecule is O=C(c1cc(=O)n(-c2ccccc2)[nH]1)N1CCCC(O)(CO)CC1. The number of hydrogen-bond donors (Lipinski definition) is 3. The monoisotopic (exact) mass is 331 g/mol. The van der Waals surface area contributed by atoms with Crippen LogP contribution in [0, 0.1) is 0 Å². The minimum absolute atomic E-state index is 0.221. The Morgan fingerprint density at radius 3 is 2.67 bits per heavy atom. The van der Waals surface area contributed by atoms with E-state index in [1.165, 1.54) is 10.7 Å². The lowest BCUT2D eigenvalue weighted by Gasteiger charge is -2.24. The minimum atomic E-state index is -1.13. The maximum Gasteiger partial charge on any atom is 0.271 e. The normalized spacial score (nSPS) is 21.5. The molecule has 3 N–H and O–H groups in total. The zero-order chi connectivity index (χ0) is 17.2. The smallest absolute Gasteiger partial charge is 0.271 e. The molecule has 1 saturated heterocycles. The summed E-state index contributed by atoms with van der Waals surface area (Å²) in [6.45, 7) is 0.518. The van der Waals surface area contributed by atoms with Gasteiger partial charge in [0, 0.05) is 19.2 Å². The van der Waals surface area contributed by atoms with Crippen molar-refractivity contribution >= 4 is 5.91 Å². The number of aliphatic hydroxyl groups is 2. The number of carbonyl (C=O) groups is 1. The van der Waals surface area contributed by atoms with E-state index in [1.807, 2.05) is 18.2 Å². The quantitative estimate of drug-likeness (QED) is 0.763. The Kier molecular flexibility index (Phi) is 4.55. The number of rotatable bonds is 3. The van der Waals surface area contributed by atoms with Crippen molar-refractivity contribution in [1.29, 1.82) is 0 Å². The highest BCUT2D eigenvalue weighted by molar-refractivity contribution is 5.92. The molecule has 1 aliphatic heterocycles. The van der Waals surface area contributed by atoms with Crippen LogP contribution in [0.5, 0.6) is 0 Å². The van der Waals surface area contributed by atoms with Crippen LogP contribution in [-0.4, -0.2) is 56.1 Å². The second-order valence-corrected chi connectivity index (χ2v) is 6.21. The van der Waals surface area contributed by atoms with Gasteiger partial charge in [-0.2, -0.15) is 0 Å². The summed E-state index contributed by atoms with van der Waals surface area (Å²) in [5, 5.41) is 22.3. The van der Waals surface area contributed by atoms with Crippen LogP contribution in [0.15, 0.2) is 41.2 Å². The number of nitrogens with one attached hydrogen (secondary N) is 1. The first-order valence-electron chi connectivity index (χ1n) is 8.02. The number of para-hydroxylation sites is 1. The van der Waals surface area contributed by atoms with Crippen LogP contribution in [0.4, 0.5) is 0 Å². The van der Waals surface area contributed by atoms with Crippen LogP contribution in [0.25, 0.3) is 5.69 Å². The van der Waals surface area contributed by atoms with Crippen molar-refractivity contribution in [2.45, 2.75) is 24.9 Å². The Morgan fingerprint density at radius 1 is 1.21 bits per heavy atom. The van der Waals surface area contributed by atoms with Gasteiger partial charge >= 0.3 is 0 Å². The number of H-pyrrole nitrogens is 1. The fourth-order valence-corrected chi connectivity index (χ4v) is 2.98. The molecule has 0 saturated carbocycles. The molecule has 1 fully saturated rings. The number of aromatic amines is 1. The summed E-state index contributed by atoms with van der Waals surface area (Å²) in [4.78, 5) is 26.4. The van der Waals surface area contributed by atoms with Gasteiger partial charge in [-0.3, -0.25) is 14.7 Å². The molecule has 1 amide bonds. The number of likely N-dealkylation sites (tertiary alicyclic amines) is 1. The molecule has 1 aromatic heterocycles. The van der Waals surface area contributed by atoms with E-state index in [4.69, 9.17) is 0 Å². The van der Waals surface area contributed by atoms with Gasteiger partial charge in [0.15, 0.2) is 0 Å². The number of hydrogen-bond acceptors (Lipinski definition) is 4. The minimum Gasteiger partial charge on any atom is -0.393 e. The predicted molar refractivity (Wildman–Crippen MR) is 88.2 cm³/mol. The van der Waals surface area contributed by atoms with Crippen molar-refractivity contribution in [2.24, 2.45) is 0 Å². The standard InChI is InChI=1S/C17H21N3O4/c21-12-17(24)7-4-9-19(10-8-17)16(23)14-11-15(22)20(18-14)13-5-2-1-3-6-13/h1-3,5-6,11,18,21,24H,4,7-10,12H2. The van der Waals surface area contributed by atoms with Crippen LogP contribution in [0.1, 0.15) is 29.8 Å². The van der Waals surface area contributed by atoms with Crippen LogP contribution in [0.3, 0.4) is 0 Å². The first kappa shape index (κ1) is 16.5. The fourth-order valence-electron chi connectivity index (χ4n) is 2.98. The molecule has 24 heavy (non-hydrogen) atoms. The van der Waals surface area contributed by atoms with Gasteiger partial charge in [-0.15, -0.1) is 0 Å². The van der Waals surface area contributed by atoms with Crippen LogP contribution in [0.2, 0.25) is 0 Å². The Balaban J connectivity index is 1.80. The van der Waals surface area contributed by atoms with Gasteiger partial charge in [0.05, 0.1) is 17.9 Å². The molecule has 1 atom stereocenters. The summed E-state index contributed by atoms with van der Waals surface area (Å²) < 4.78 is 1.33. The van der Waals surface area contributed by atoms with Gasteiger partial charge in [-0.05, 0) is 31.4 Å². The number of amides is 1. The molecule has 7 nitrogen and oxygen atoms in total. The first-order valence-corrected chi connectivity index (χ1v) is 8.02. The van der Waals surface area contributed by atoms with Crippen molar-refractivity contribution in [2.75, 3.05) is 19.7 Å². The second kappa shape index (κ2) is 6.62. The topological polar surface area (TPSA) is 98.6 Å². The number of aliphatic hydroxyl groups excluding tert-OH is 1. The molecule has 0 spiro atoms. The van der Waals surface area contributed by atoms with Crippen molar-refractivity contribution in [1.82, 2.24) is 14.7 Å². The molecular weight excluding hydrogens is 310 g/mol. The molecular formula is C17H21N3O4. The van der Waals surface area contributed by atoms with E-state index < -0.39 is 5.60 Å². The summed E-state index contributed by atoms with van der Waals surface area (Å²) in [6, 6.07) is 10.3. The molecule has 1 aromatic carbocycles. The highest BCUT2D eigenvalue weighted by atomic mass is 16.3. The summed E-state index contributed by atoms with van der Waals surface area (Å²) >= 11 is 0. The number of aromatic nitrogens is 2. The van der Waals surface area contributed by atoms with E-state index in [1.54, 1.807) is 17.0 Å². The fraction of sp³-hybridized carbons (Fsp3) is 0.412. The molecule has 0 aliphatic carbocycles. The third kappa shape index (κ3) is 3.27. The molecule has 0 bridgehead atoms. The molecule has 1 aliphatic rings. The third-order valence-corrected chi connectivity index (χ3v) is 4.46. The number of nitrogens with zero attached hydrogens (tertiary/aromatic N) is 2. The molecule has 1 unspecified atom stereocenters.